The van der Waals surface area contributed by atoms with E-state index < -0.39 is 0 Å². The zero-order chi connectivity index (χ0) is 31.6. The maximum absolute atomic E-state index is 11.9. The second-order valence-corrected chi connectivity index (χ2v) is 12.3. The summed E-state index contributed by atoms with van der Waals surface area (Å²) in [4.78, 5) is 11.9. The van der Waals surface area contributed by atoms with Crippen LogP contribution in [-0.2, 0) is 29.6 Å². The molecule has 45 heavy (non-hydrogen) atoms. The second kappa shape index (κ2) is 14.6. The van der Waals surface area contributed by atoms with E-state index in [9.17, 15) is 4.79 Å². The van der Waals surface area contributed by atoms with Crippen molar-refractivity contribution in [3.63, 3.8) is 0 Å². The molecule has 1 N–H and O–H groups in total. The lowest BCUT2D eigenvalue weighted by atomic mass is 9.87. The molecule has 1 heterocycles. The summed E-state index contributed by atoms with van der Waals surface area (Å²) in [6, 6.07) is 32.8. The van der Waals surface area contributed by atoms with Crippen LogP contribution in [0.3, 0.4) is 0 Å². The van der Waals surface area contributed by atoms with Gasteiger partial charge < -0.3 is 9.47 Å². The largest absolute Gasteiger partial charge is 0.488 e. The molecule has 0 saturated carbocycles. The number of tetrazole rings is 1. The van der Waals surface area contributed by atoms with Crippen LogP contribution in [-0.4, -0.2) is 33.7 Å². The molecule has 0 saturated heterocycles. The quantitative estimate of drug-likeness (QED) is 0.146. The summed E-state index contributed by atoms with van der Waals surface area (Å²) in [6.45, 7) is 7.17. The van der Waals surface area contributed by atoms with Crippen molar-refractivity contribution in [1.82, 2.24) is 20.6 Å². The van der Waals surface area contributed by atoms with Gasteiger partial charge in [-0.05, 0) is 76.3 Å². The Labute approximate surface area is 265 Å². The van der Waals surface area contributed by atoms with Gasteiger partial charge in [0.1, 0.15) is 12.4 Å². The number of ether oxygens (including phenoxy) is 2. The molecule has 0 bridgehead atoms. The minimum Gasteiger partial charge on any atom is -0.488 e. The highest BCUT2D eigenvalue weighted by Gasteiger charge is 2.14. The summed E-state index contributed by atoms with van der Waals surface area (Å²) < 4.78 is 11.2. The molecular weight excluding hydrogens is 560 g/mol. The molecule has 7 heteroatoms. The van der Waals surface area contributed by atoms with Crippen LogP contribution < -0.4 is 4.74 Å². The van der Waals surface area contributed by atoms with Gasteiger partial charge in [-0.1, -0.05) is 112 Å². The number of allylic oxidation sites excluding steroid dienone is 1. The van der Waals surface area contributed by atoms with Crippen LogP contribution in [0, 0.1) is 5.92 Å². The first-order chi connectivity index (χ1) is 21.8. The van der Waals surface area contributed by atoms with Gasteiger partial charge in [-0.15, -0.1) is 10.2 Å². The lowest BCUT2D eigenvalue weighted by Crippen LogP contribution is -2.10. The van der Waals surface area contributed by atoms with Gasteiger partial charge in [0, 0.05) is 11.1 Å². The summed E-state index contributed by atoms with van der Waals surface area (Å²) in [6.07, 6.45) is 7.14. The highest BCUT2D eigenvalue weighted by atomic mass is 16.5. The van der Waals surface area contributed by atoms with Crippen molar-refractivity contribution >= 4 is 12.0 Å². The monoisotopic (exact) mass is 600 g/mol. The number of aromatic nitrogens is 4. The number of aromatic amines is 1. The molecule has 0 aliphatic carbocycles. The molecule has 1 unspecified atom stereocenters. The molecule has 7 nitrogen and oxygen atoms in total. The van der Waals surface area contributed by atoms with Gasteiger partial charge in [-0.3, -0.25) is 0 Å². The van der Waals surface area contributed by atoms with Gasteiger partial charge in [0.2, 0.25) is 5.82 Å². The zero-order valence-electron chi connectivity index (χ0n) is 26.4. The lowest BCUT2D eigenvalue weighted by molar-refractivity contribution is 0.0600. The van der Waals surface area contributed by atoms with Crippen LogP contribution in [0.4, 0.5) is 0 Å². The summed E-state index contributed by atoms with van der Waals surface area (Å²) in [7, 11) is 1.40. The summed E-state index contributed by atoms with van der Waals surface area (Å²) in [5.41, 5.74) is 7.49. The minimum absolute atomic E-state index is 0.120. The highest BCUT2D eigenvalue weighted by Crippen LogP contribution is 2.26. The van der Waals surface area contributed by atoms with E-state index in [0.29, 0.717) is 18.0 Å². The number of rotatable bonds is 12. The molecule has 1 aromatic heterocycles. The van der Waals surface area contributed by atoms with E-state index in [0.717, 1.165) is 47.3 Å². The van der Waals surface area contributed by atoms with Crippen molar-refractivity contribution in [2.24, 2.45) is 5.92 Å². The van der Waals surface area contributed by atoms with Gasteiger partial charge in [-0.2, -0.15) is 5.21 Å². The number of benzene rings is 4. The predicted octanol–water partition coefficient (Wildman–Crippen LogP) is 8.03. The van der Waals surface area contributed by atoms with Crippen LogP contribution in [0.15, 0.2) is 103 Å². The number of carbonyl (C=O) groups is 1. The molecule has 4 aromatic carbocycles. The third-order valence-electron chi connectivity index (χ3n) is 7.92. The van der Waals surface area contributed by atoms with Gasteiger partial charge >= 0.3 is 5.97 Å². The Morgan fingerprint density at radius 2 is 1.56 bits per heavy atom. The molecule has 0 aliphatic heterocycles. The molecule has 0 amide bonds. The molecule has 5 rings (SSSR count). The fourth-order valence-corrected chi connectivity index (χ4v) is 5.17. The molecule has 1 atom stereocenters. The number of hydrogen-bond donors (Lipinski definition) is 1. The Bertz CT molecular complexity index is 1690. The zero-order valence-corrected chi connectivity index (χ0v) is 26.4. The average molecular weight is 601 g/mol. The van der Waals surface area contributed by atoms with Crippen molar-refractivity contribution in [3.05, 3.63) is 137 Å². The predicted molar refractivity (Wildman–Crippen MR) is 178 cm³/mol. The first kappa shape index (κ1) is 31.4. The Kier molecular flexibility index (Phi) is 10.2. The van der Waals surface area contributed by atoms with Crippen molar-refractivity contribution in [3.8, 4) is 17.1 Å². The molecule has 0 radical (unpaired) electrons. The smallest absolute Gasteiger partial charge is 0.337 e. The normalized spacial score (nSPS) is 12.3. The number of methoxy groups -OCH3 is 1. The van der Waals surface area contributed by atoms with E-state index in [-0.39, 0.29) is 17.3 Å². The van der Waals surface area contributed by atoms with E-state index in [1.54, 1.807) is 0 Å². The molecule has 5 aromatic rings. The Morgan fingerprint density at radius 1 is 0.867 bits per heavy atom. The lowest BCUT2D eigenvalue weighted by Gasteiger charge is -2.19. The molecule has 0 fully saturated rings. The van der Waals surface area contributed by atoms with Gasteiger partial charge in [-0.25, -0.2) is 4.79 Å². The third-order valence-corrected chi connectivity index (χ3v) is 7.92. The maximum atomic E-state index is 11.9. The van der Waals surface area contributed by atoms with E-state index in [2.05, 4.69) is 96.0 Å². The van der Waals surface area contributed by atoms with Crippen molar-refractivity contribution in [2.45, 2.75) is 52.1 Å². The minimum atomic E-state index is -0.330. The van der Waals surface area contributed by atoms with Crippen LogP contribution in [0.1, 0.15) is 65.4 Å². The molecule has 230 valence electrons. The SMILES string of the molecule is COC(=O)c1ccc(CC(/C=C/c2ccccc2OCc2ccc(C(C)(C)C)cc2)CCc2ccc(-c3nn[nH]n3)cc2)cc1. The maximum Gasteiger partial charge on any atom is 0.337 e. The van der Waals surface area contributed by atoms with Crippen molar-refractivity contribution in [1.29, 1.82) is 0 Å². The van der Waals surface area contributed by atoms with Crippen LogP contribution >= 0.6 is 0 Å². The highest BCUT2D eigenvalue weighted by molar-refractivity contribution is 5.89. The number of para-hydroxylation sites is 1. The summed E-state index contributed by atoms with van der Waals surface area (Å²) >= 11 is 0. The number of hydrogen-bond acceptors (Lipinski definition) is 6. The standard InChI is InChI=1S/C38H40N4O3/c1-38(2,3)34-23-16-30(17-24-34)26-45-35-8-6-5-7-31(35)18-13-28(25-29-14-21-33(22-15-29)37(43)44-4)10-9-27-11-19-32(20-12-27)36-39-41-42-40-36/h5-8,11-24,28H,9-10,25-26H2,1-4H3,(H,39,40,41,42)/b18-13+. The fourth-order valence-electron chi connectivity index (χ4n) is 5.17. The first-order valence-electron chi connectivity index (χ1n) is 15.3. The van der Waals surface area contributed by atoms with E-state index in [4.69, 9.17) is 9.47 Å². The summed E-state index contributed by atoms with van der Waals surface area (Å²) in [5.74, 6) is 1.36. The van der Waals surface area contributed by atoms with Crippen molar-refractivity contribution in [2.75, 3.05) is 7.11 Å². The topological polar surface area (TPSA) is 90.0 Å². The van der Waals surface area contributed by atoms with Crippen molar-refractivity contribution < 1.29 is 14.3 Å². The summed E-state index contributed by atoms with van der Waals surface area (Å²) in [5, 5.41) is 14.3. The Hall–Kier alpha value is -5.04. The average Bonchev–Trinajstić information content (AvgIpc) is 3.61. The number of esters is 1. The Morgan fingerprint density at radius 3 is 2.22 bits per heavy atom. The fraction of sp³-hybridized carbons (Fsp3) is 0.263. The van der Waals surface area contributed by atoms with E-state index in [1.807, 2.05) is 54.6 Å². The van der Waals surface area contributed by atoms with E-state index >= 15 is 0 Å². The van der Waals surface area contributed by atoms with E-state index in [1.165, 1.54) is 18.2 Å². The number of aryl methyl sites for hydroxylation is 1. The van der Waals surface area contributed by atoms with Gasteiger partial charge in [0.15, 0.2) is 0 Å². The van der Waals surface area contributed by atoms with Crippen LogP contribution in [0.2, 0.25) is 0 Å². The van der Waals surface area contributed by atoms with Crippen LogP contribution in [0.5, 0.6) is 5.75 Å². The number of carbonyl (C=O) groups excluding carboxylic acids is 1. The Balaban J connectivity index is 1.30. The first-order valence-corrected chi connectivity index (χ1v) is 15.3. The molecule has 0 spiro atoms. The number of H-pyrrole nitrogens is 1. The van der Waals surface area contributed by atoms with Gasteiger partial charge in [0.25, 0.3) is 0 Å². The van der Waals surface area contributed by atoms with Gasteiger partial charge in [0.05, 0.1) is 12.7 Å². The second-order valence-electron chi connectivity index (χ2n) is 12.3. The number of nitrogens with one attached hydrogen (secondary N) is 1. The third kappa shape index (κ3) is 8.76. The van der Waals surface area contributed by atoms with Crippen LogP contribution in [0.25, 0.3) is 17.5 Å². The number of nitrogens with zero attached hydrogens (tertiary/aromatic N) is 3. The molecular formula is C38H40N4O3. The molecule has 0 aliphatic rings.